The summed E-state index contributed by atoms with van der Waals surface area (Å²) < 4.78 is 1.99. The molecule has 0 atom stereocenters. The first-order valence-corrected chi connectivity index (χ1v) is 9.77. The van der Waals surface area contributed by atoms with Gasteiger partial charge in [-0.2, -0.15) is 5.10 Å². The van der Waals surface area contributed by atoms with Crippen LogP contribution in [0.1, 0.15) is 43.3 Å². The topological polar surface area (TPSA) is 54.2 Å². The molecule has 1 aromatic carbocycles. The standard InChI is InChI=1S/C20H30ClN5.HI/c1-5-18-17(19(6-2)26(4)25-18)14-24-20(22-7-3)23-12-11-15-9-8-10-16(21)13-15;/h8-10,13H,5-7,11-12,14H2,1-4H3,(H2,22,23,24);1H. The monoisotopic (exact) mass is 503 g/mol. The van der Waals surface area contributed by atoms with E-state index in [4.69, 9.17) is 16.6 Å². The van der Waals surface area contributed by atoms with Crippen LogP contribution in [0.2, 0.25) is 5.02 Å². The summed E-state index contributed by atoms with van der Waals surface area (Å²) in [4.78, 5) is 4.78. The van der Waals surface area contributed by atoms with Crippen LogP contribution in [-0.2, 0) is 32.9 Å². The molecule has 0 spiro atoms. The van der Waals surface area contributed by atoms with E-state index in [0.717, 1.165) is 49.0 Å². The number of aliphatic imine (C=N–C) groups is 1. The van der Waals surface area contributed by atoms with Crippen molar-refractivity contribution in [2.75, 3.05) is 13.1 Å². The fourth-order valence-electron chi connectivity index (χ4n) is 3.09. The smallest absolute Gasteiger partial charge is 0.191 e. The van der Waals surface area contributed by atoms with Crippen LogP contribution >= 0.6 is 35.6 Å². The van der Waals surface area contributed by atoms with Crippen LogP contribution in [0, 0.1) is 0 Å². The molecule has 1 heterocycles. The summed E-state index contributed by atoms with van der Waals surface area (Å²) >= 11 is 6.05. The molecule has 1 aromatic heterocycles. The number of benzene rings is 1. The maximum Gasteiger partial charge on any atom is 0.191 e. The van der Waals surface area contributed by atoms with Gasteiger partial charge in [-0.15, -0.1) is 24.0 Å². The minimum absolute atomic E-state index is 0. The van der Waals surface area contributed by atoms with E-state index in [0.29, 0.717) is 6.54 Å². The number of hydrogen-bond donors (Lipinski definition) is 2. The zero-order valence-corrected chi connectivity index (χ0v) is 19.8. The van der Waals surface area contributed by atoms with Gasteiger partial charge in [-0.1, -0.05) is 37.6 Å². The molecule has 2 N–H and O–H groups in total. The third kappa shape index (κ3) is 6.99. The average molecular weight is 504 g/mol. The second kappa shape index (κ2) is 12.2. The molecule has 0 amide bonds. The predicted octanol–water partition coefficient (Wildman–Crippen LogP) is 4.11. The SMILES string of the molecule is CCNC(=NCc1c(CC)nn(C)c1CC)NCCc1cccc(Cl)c1.I. The van der Waals surface area contributed by atoms with Crippen molar-refractivity contribution in [3.63, 3.8) is 0 Å². The maximum absolute atomic E-state index is 6.05. The van der Waals surface area contributed by atoms with Crippen LogP contribution in [0.5, 0.6) is 0 Å². The van der Waals surface area contributed by atoms with Crippen molar-refractivity contribution in [1.29, 1.82) is 0 Å². The van der Waals surface area contributed by atoms with E-state index in [-0.39, 0.29) is 24.0 Å². The minimum atomic E-state index is 0. The van der Waals surface area contributed by atoms with Gasteiger partial charge in [0.2, 0.25) is 0 Å². The molecule has 0 aliphatic rings. The number of nitrogens with one attached hydrogen (secondary N) is 2. The Morgan fingerprint density at radius 2 is 1.96 bits per heavy atom. The third-order valence-corrected chi connectivity index (χ3v) is 4.60. The third-order valence-electron chi connectivity index (χ3n) is 4.36. The number of aromatic nitrogens is 2. The molecule has 0 saturated heterocycles. The molecule has 0 aliphatic heterocycles. The summed E-state index contributed by atoms with van der Waals surface area (Å²) in [7, 11) is 2.01. The van der Waals surface area contributed by atoms with Gasteiger partial charge in [-0.05, 0) is 43.9 Å². The number of rotatable bonds is 8. The molecule has 2 aromatic rings. The first-order chi connectivity index (χ1) is 12.6. The summed E-state index contributed by atoms with van der Waals surface area (Å²) in [6.07, 6.45) is 2.79. The Labute approximate surface area is 185 Å². The molecule has 0 radical (unpaired) electrons. The Morgan fingerprint density at radius 3 is 2.59 bits per heavy atom. The minimum Gasteiger partial charge on any atom is -0.357 e. The van der Waals surface area contributed by atoms with Crippen molar-refractivity contribution in [3.05, 3.63) is 51.8 Å². The van der Waals surface area contributed by atoms with Gasteiger partial charge in [0, 0.05) is 36.4 Å². The highest BCUT2D eigenvalue weighted by Gasteiger charge is 2.13. The summed E-state index contributed by atoms with van der Waals surface area (Å²) in [6, 6.07) is 7.98. The molecule has 5 nitrogen and oxygen atoms in total. The number of nitrogens with zero attached hydrogens (tertiary/aromatic N) is 3. The number of aryl methyl sites for hydroxylation is 2. The largest absolute Gasteiger partial charge is 0.357 e. The van der Waals surface area contributed by atoms with E-state index in [1.165, 1.54) is 16.8 Å². The van der Waals surface area contributed by atoms with Crippen molar-refractivity contribution < 1.29 is 0 Å². The van der Waals surface area contributed by atoms with Crippen molar-refractivity contribution in [2.24, 2.45) is 12.0 Å². The number of hydrogen-bond acceptors (Lipinski definition) is 2. The molecule has 7 heteroatoms. The van der Waals surface area contributed by atoms with E-state index in [9.17, 15) is 0 Å². The van der Waals surface area contributed by atoms with Crippen LogP contribution in [0.15, 0.2) is 29.3 Å². The summed E-state index contributed by atoms with van der Waals surface area (Å²) in [5.74, 6) is 0.836. The van der Waals surface area contributed by atoms with Crippen molar-refractivity contribution in [2.45, 2.75) is 46.6 Å². The van der Waals surface area contributed by atoms with Crippen molar-refractivity contribution >= 4 is 41.5 Å². The first kappa shape index (κ1) is 23.8. The van der Waals surface area contributed by atoms with Gasteiger partial charge in [0.15, 0.2) is 5.96 Å². The number of halogens is 2. The van der Waals surface area contributed by atoms with Gasteiger partial charge in [-0.3, -0.25) is 4.68 Å². The molecule has 0 aliphatic carbocycles. The van der Waals surface area contributed by atoms with Gasteiger partial charge < -0.3 is 10.6 Å². The lowest BCUT2D eigenvalue weighted by atomic mass is 10.1. The molecule has 0 unspecified atom stereocenters. The molecular weight excluding hydrogens is 473 g/mol. The normalized spacial score (nSPS) is 11.2. The van der Waals surface area contributed by atoms with Crippen LogP contribution in [0.25, 0.3) is 0 Å². The Balaban J connectivity index is 0.00000364. The van der Waals surface area contributed by atoms with Gasteiger partial charge in [-0.25, -0.2) is 4.99 Å². The fraction of sp³-hybridized carbons (Fsp3) is 0.500. The zero-order valence-electron chi connectivity index (χ0n) is 16.7. The molecule has 0 saturated carbocycles. The Morgan fingerprint density at radius 1 is 1.19 bits per heavy atom. The lowest BCUT2D eigenvalue weighted by molar-refractivity contribution is 0.703. The van der Waals surface area contributed by atoms with E-state index >= 15 is 0 Å². The van der Waals surface area contributed by atoms with E-state index in [1.54, 1.807) is 0 Å². The highest BCUT2D eigenvalue weighted by molar-refractivity contribution is 14.0. The van der Waals surface area contributed by atoms with E-state index < -0.39 is 0 Å². The van der Waals surface area contributed by atoms with Gasteiger partial charge >= 0.3 is 0 Å². The zero-order chi connectivity index (χ0) is 18.9. The van der Waals surface area contributed by atoms with Gasteiger partial charge in [0.05, 0.1) is 12.2 Å². The average Bonchev–Trinajstić information content (AvgIpc) is 2.94. The van der Waals surface area contributed by atoms with Crippen LogP contribution < -0.4 is 10.6 Å². The van der Waals surface area contributed by atoms with Crippen LogP contribution in [0.4, 0.5) is 0 Å². The first-order valence-electron chi connectivity index (χ1n) is 9.39. The summed E-state index contributed by atoms with van der Waals surface area (Å²) in [5, 5.41) is 12.1. The second-order valence-corrected chi connectivity index (χ2v) is 6.64. The van der Waals surface area contributed by atoms with Gasteiger partial charge in [0.1, 0.15) is 0 Å². The highest BCUT2D eigenvalue weighted by Crippen LogP contribution is 2.16. The maximum atomic E-state index is 6.05. The highest BCUT2D eigenvalue weighted by atomic mass is 127. The molecule has 2 rings (SSSR count). The Hall–Kier alpha value is -1.28. The van der Waals surface area contributed by atoms with Crippen LogP contribution in [-0.4, -0.2) is 28.8 Å². The predicted molar refractivity (Wildman–Crippen MR) is 125 cm³/mol. The molecule has 27 heavy (non-hydrogen) atoms. The quantitative estimate of drug-likeness (QED) is 0.324. The van der Waals surface area contributed by atoms with Crippen molar-refractivity contribution in [1.82, 2.24) is 20.4 Å². The lowest BCUT2D eigenvalue weighted by Crippen LogP contribution is -2.38. The molecule has 0 bridgehead atoms. The fourth-order valence-corrected chi connectivity index (χ4v) is 3.30. The second-order valence-electron chi connectivity index (χ2n) is 6.20. The lowest BCUT2D eigenvalue weighted by Gasteiger charge is -2.12. The van der Waals surface area contributed by atoms with E-state index in [1.807, 2.05) is 29.9 Å². The van der Waals surface area contributed by atoms with Gasteiger partial charge in [0.25, 0.3) is 0 Å². The Kier molecular flexibility index (Phi) is 10.8. The van der Waals surface area contributed by atoms with E-state index in [2.05, 4.69) is 42.6 Å². The molecular formula is C20H31ClIN5. The van der Waals surface area contributed by atoms with Crippen LogP contribution in [0.3, 0.4) is 0 Å². The molecule has 150 valence electrons. The summed E-state index contributed by atoms with van der Waals surface area (Å²) in [6.45, 7) is 8.67. The number of guanidine groups is 1. The Bertz CT molecular complexity index is 742. The molecule has 0 fully saturated rings. The van der Waals surface area contributed by atoms with Crippen molar-refractivity contribution in [3.8, 4) is 0 Å². The summed E-state index contributed by atoms with van der Waals surface area (Å²) in [5.41, 5.74) is 4.88.